The Hall–Kier alpha value is -0.710. The first-order valence-corrected chi connectivity index (χ1v) is 7.15. The smallest absolute Gasteiger partial charge is 0.133 e. The van der Waals surface area contributed by atoms with Crippen LogP contribution in [0.4, 0.5) is 0 Å². The van der Waals surface area contributed by atoms with Crippen LogP contribution in [0.1, 0.15) is 18.2 Å². The number of nitrogens with two attached hydrogens (primary N) is 1. The van der Waals surface area contributed by atoms with E-state index < -0.39 is 0 Å². The van der Waals surface area contributed by atoms with Crippen molar-refractivity contribution in [1.82, 2.24) is 4.98 Å². The summed E-state index contributed by atoms with van der Waals surface area (Å²) in [4.78, 5) is 5.98. The lowest BCUT2D eigenvalue weighted by atomic mass is 10.1. The zero-order valence-corrected chi connectivity index (χ0v) is 11.2. The molecular weight excluding hydrogens is 236 g/mol. The van der Waals surface area contributed by atoms with Crippen LogP contribution in [0, 0.1) is 12.8 Å². The van der Waals surface area contributed by atoms with Gasteiger partial charge in [0.05, 0.1) is 10.6 Å². The number of nitrogens with zero attached hydrogens (tertiary/aromatic N) is 1. The van der Waals surface area contributed by atoms with E-state index in [0.29, 0.717) is 5.92 Å². The van der Waals surface area contributed by atoms with Gasteiger partial charge >= 0.3 is 0 Å². The molecule has 0 aromatic carbocycles. The van der Waals surface area contributed by atoms with Gasteiger partial charge in [-0.1, -0.05) is 6.92 Å². The van der Waals surface area contributed by atoms with Gasteiger partial charge in [-0.05, 0) is 42.8 Å². The number of hydrogen-bond donors (Lipinski definition) is 1. The summed E-state index contributed by atoms with van der Waals surface area (Å²) >= 11 is 3.50. The predicted molar refractivity (Wildman–Crippen MR) is 72.1 cm³/mol. The van der Waals surface area contributed by atoms with Gasteiger partial charge in [-0.25, -0.2) is 4.98 Å². The van der Waals surface area contributed by atoms with Gasteiger partial charge in [-0.2, -0.15) is 0 Å². The van der Waals surface area contributed by atoms with Crippen molar-refractivity contribution < 1.29 is 0 Å². The monoisotopic (exact) mass is 252 g/mol. The van der Waals surface area contributed by atoms with E-state index in [0.717, 1.165) is 18.0 Å². The molecule has 2 heterocycles. The van der Waals surface area contributed by atoms with Crippen molar-refractivity contribution in [3.63, 3.8) is 0 Å². The molecular formula is C12H16N2S2. The molecule has 86 valence electrons. The molecule has 0 spiro atoms. The summed E-state index contributed by atoms with van der Waals surface area (Å²) < 4.78 is 0. The van der Waals surface area contributed by atoms with Crippen molar-refractivity contribution in [1.29, 1.82) is 0 Å². The second-order valence-electron chi connectivity index (χ2n) is 4.12. The molecule has 16 heavy (non-hydrogen) atoms. The second-order valence-corrected chi connectivity index (χ2v) is 5.90. The van der Waals surface area contributed by atoms with Crippen LogP contribution in [-0.4, -0.2) is 11.5 Å². The van der Waals surface area contributed by atoms with Gasteiger partial charge in [0.25, 0.3) is 0 Å². The third-order valence-electron chi connectivity index (χ3n) is 2.57. The standard InChI is InChI=1S/C12H16N2S2/c1-8(6-13)5-10-7-16-12(14-10)11-9(2)3-4-15-11/h3-4,7-8H,5-6,13H2,1-2H3. The highest BCUT2D eigenvalue weighted by atomic mass is 32.1. The number of thiophene rings is 1. The third-order valence-corrected chi connectivity index (χ3v) is 4.63. The summed E-state index contributed by atoms with van der Waals surface area (Å²) in [5.74, 6) is 0.513. The quantitative estimate of drug-likeness (QED) is 0.906. The van der Waals surface area contributed by atoms with Gasteiger partial charge in [0.15, 0.2) is 0 Å². The van der Waals surface area contributed by atoms with E-state index in [1.165, 1.54) is 16.1 Å². The van der Waals surface area contributed by atoms with Crippen LogP contribution >= 0.6 is 22.7 Å². The molecule has 0 aliphatic rings. The predicted octanol–water partition coefficient (Wildman–Crippen LogP) is 3.32. The molecule has 4 heteroatoms. The fourth-order valence-electron chi connectivity index (χ4n) is 1.54. The van der Waals surface area contributed by atoms with Crippen LogP contribution in [0.15, 0.2) is 16.8 Å². The van der Waals surface area contributed by atoms with Crippen molar-refractivity contribution in [3.8, 4) is 9.88 Å². The second kappa shape index (κ2) is 5.08. The maximum Gasteiger partial charge on any atom is 0.133 e. The van der Waals surface area contributed by atoms with Crippen LogP contribution in [0.25, 0.3) is 9.88 Å². The van der Waals surface area contributed by atoms with Gasteiger partial charge in [-0.15, -0.1) is 22.7 Å². The molecule has 1 atom stereocenters. The summed E-state index contributed by atoms with van der Waals surface area (Å²) in [6.07, 6.45) is 0.984. The van der Waals surface area contributed by atoms with Crippen molar-refractivity contribution in [2.45, 2.75) is 20.3 Å². The van der Waals surface area contributed by atoms with Crippen LogP contribution < -0.4 is 5.73 Å². The minimum Gasteiger partial charge on any atom is -0.330 e. The molecule has 0 radical (unpaired) electrons. The average Bonchev–Trinajstić information content (AvgIpc) is 2.86. The highest BCUT2D eigenvalue weighted by Gasteiger charge is 2.10. The van der Waals surface area contributed by atoms with Crippen molar-refractivity contribution in [3.05, 3.63) is 28.1 Å². The molecule has 2 nitrogen and oxygen atoms in total. The first-order valence-electron chi connectivity index (χ1n) is 5.39. The maximum atomic E-state index is 5.62. The van der Waals surface area contributed by atoms with E-state index in [-0.39, 0.29) is 0 Å². The summed E-state index contributed by atoms with van der Waals surface area (Å²) in [5.41, 5.74) is 8.11. The molecule has 2 rings (SSSR count). The first-order chi connectivity index (χ1) is 7.70. The first kappa shape index (κ1) is 11.8. The Morgan fingerprint density at radius 3 is 2.88 bits per heavy atom. The molecule has 0 bridgehead atoms. The minimum atomic E-state index is 0.513. The normalized spacial score (nSPS) is 12.9. The Kier molecular flexibility index (Phi) is 3.74. The minimum absolute atomic E-state index is 0.513. The van der Waals surface area contributed by atoms with Gasteiger partial charge in [0.2, 0.25) is 0 Å². The number of aryl methyl sites for hydroxylation is 1. The Morgan fingerprint density at radius 2 is 2.25 bits per heavy atom. The van der Waals surface area contributed by atoms with Crippen LogP contribution in [-0.2, 0) is 6.42 Å². The zero-order chi connectivity index (χ0) is 11.5. The number of aromatic nitrogens is 1. The molecule has 0 fully saturated rings. The van der Waals surface area contributed by atoms with E-state index in [4.69, 9.17) is 5.73 Å². The molecule has 0 aliphatic carbocycles. The largest absolute Gasteiger partial charge is 0.330 e. The summed E-state index contributed by atoms with van der Waals surface area (Å²) in [6.45, 7) is 5.02. The summed E-state index contributed by atoms with van der Waals surface area (Å²) in [5, 5.41) is 5.42. The fourth-order valence-corrected chi connectivity index (χ4v) is 3.47. The topological polar surface area (TPSA) is 38.9 Å². The van der Waals surface area contributed by atoms with Gasteiger partial charge < -0.3 is 5.73 Å². The Bertz CT molecular complexity index is 459. The van der Waals surface area contributed by atoms with Crippen LogP contribution in [0.3, 0.4) is 0 Å². The van der Waals surface area contributed by atoms with E-state index >= 15 is 0 Å². The van der Waals surface area contributed by atoms with Crippen molar-refractivity contribution in [2.24, 2.45) is 11.7 Å². The zero-order valence-electron chi connectivity index (χ0n) is 9.56. The Morgan fingerprint density at radius 1 is 1.44 bits per heavy atom. The van der Waals surface area contributed by atoms with E-state index in [1.807, 2.05) is 0 Å². The average molecular weight is 252 g/mol. The molecule has 1 unspecified atom stereocenters. The molecule has 0 saturated heterocycles. The number of thiazole rings is 1. The number of hydrogen-bond acceptors (Lipinski definition) is 4. The third kappa shape index (κ3) is 2.51. The lowest BCUT2D eigenvalue weighted by Gasteiger charge is -2.04. The Balaban J connectivity index is 2.17. The molecule has 0 amide bonds. The van der Waals surface area contributed by atoms with E-state index in [1.54, 1.807) is 22.7 Å². The van der Waals surface area contributed by atoms with E-state index in [9.17, 15) is 0 Å². The SMILES string of the molecule is Cc1ccsc1-c1nc(CC(C)CN)cs1. The van der Waals surface area contributed by atoms with Gasteiger partial charge in [-0.3, -0.25) is 0 Å². The van der Waals surface area contributed by atoms with Gasteiger partial charge in [0, 0.05) is 5.38 Å². The fraction of sp³-hybridized carbons (Fsp3) is 0.417. The lowest BCUT2D eigenvalue weighted by Crippen LogP contribution is -2.13. The molecule has 2 aromatic rings. The molecule has 2 N–H and O–H groups in total. The molecule has 0 aliphatic heterocycles. The number of rotatable bonds is 4. The van der Waals surface area contributed by atoms with E-state index in [2.05, 4.69) is 35.7 Å². The molecule has 0 saturated carbocycles. The van der Waals surface area contributed by atoms with Crippen molar-refractivity contribution in [2.75, 3.05) is 6.54 Å². The maximum absolute atomic E-state index is 5.62. The summed E-state index contributed by atoms with van der Waals surface area (Å²) in [7, 11) is 0. The lowest BCUT2D eigenvalue weighted by molar-refractivity contribution is 0.586. The Labute approximate surface area is 104 Å². The van der Waals surface area contributed by atoms with Gasteiger partial charge in [0.1, 0.15) is 5.01 Å². The highest BCUT2D eigenvalue weighted by Crippen LogP contribution is 2.31. The van der Waals surface area contributed by atoms with Crippen molar-refractivity contribution >= 4 is 22.7 Å². The van der Waals surface area contributed by atoms with Crippen LogP contribution in [0.5, 0.6) is 0 Å². The van der Waals surface area contributed by atoms with Crippen LogP contribution in [0.2, 0.25) is 0 Å². The summed E-state index contributed by atoms with van der Waals surface area (Å²) in [6, 6.07) is 2.14. The molecule has 2 aromatic heterocycles. The highest BCUT2D eigenvalue weighted by molar-refractivity contribution is 7.20.